The first-order chi connectivity index (χ1) is 12.2. The van der Waals surface area contributed by atoms with Crippen LogP contribution in [0.3, 0.4) is 0 Å². The predicted octanol–water partition coefficient (Wildman–Crippen LogP) is 1.39. The fourth-order valence-corrected chi connectivity index (χ4v) is 2.30. The average Bonchev–Trinajstić information content (AvgIpc) is 3.16. The van der Waals surface area contributed by atoms with E-state index in [4.69, 9.17) is 0 Å². The molecule has 3 N–H and O–H groups in total. The highest BCUT2D eigenvalue weighted by molar-refractivity contribution is 5.93. The van der Waals surface area contributed by atoms with E-state index in [2.05, 4.69) is 26.0 Å². The molecule has 2 aromatic rings. The monoisotopic (exact) mass is 342 g/mol. The van der Waals surface area contributed by atoms with Crippen LogP contribution in [0.15, 0.2) is 47.7 Å². The number of carbonyl (C=O) groups excluding carboxylic acids is 1. The van der Waals surface area contributed by atoms with Gasteiger partial charge in [0.15, 0.2) is 5.96 Å². The van der Waals surface area contributed by atoms with E-state index in [1.54, 1.807) is 13.2 Å². The van der Waals surface area contributed by atoms with Gasteiger partial charge in [0.1, 0.15) is 0 Å². The molecule has 1 amide bonds. The first-order valence-corrected chi connectivity index (χ1v) is 8.53. The zero-order valence-electron chi connectivity index (χ0n) is 14.8. The van der Waals surface area contributed by atoms with Gasteiger partial charge in [0, 0.05) is 44.6 Å². The van der Waals surface area contributed by atoms with E-state index in [1.807, 2.05) is 48.1 Å². The van der Waals surface area contributed by atoms with E-state index in [-0.39, 0.29) is 5.91 Å². The lowest BCUT2D eigenvalue weighted by molar-refractivity contribution is 0.0963. The fourth-order valence-electron chi connectivity index (χ4n) is 2.30. The van der Waals surface area contributed by atoms with E-state index in [9.17, 15) is 4.79 Å². The maximum atomic E-state index is 11.5. The molecule has 0 bridgehead atoms. The second-order valence-electron chi connectivity index (χ2n) is 5.52. The molecular weight excluding hydrogens is 316 g/mol. The van der Waals surface area contributed by atoms with Gasteiger partial charge in [-0.1, -0.05) is 12.1 Å². The first-order valence-electron chi connectivity index (χ1n) is 8.53. The summed E-state index contributed by atoms with van der Waals surface area (Å²) in [6.45, 7) is 5.10. The Bertz CT molecular complexity index is 663. The Labute approximate surface area is 148 Å². The summed E-state index contributed by atoms with van der Waals surface area (Å²) in [5.74, 6) is 0.709. The van der Waals surface area contributed by atoms with Gasteiger partial charge in [-0.15, -0.1) is 0 Å². The molecule has 0 radical (unpaired) electrons. The molecule has 2 rings (SSSR count). The molecule has 1 aromatic carbocycles. The summed E-state index contributed by atoms with van der Waals surface area (Å²) in [6, 6.07) is 9.40. The summed E-state index contributed by atoms with van der Waals surface area (Å²) in [5, 5.41) is 13.4. The van der Waals surface area contributed by atoms with Gasteiger partial charge in [0.25, 0.3) is 5.91 Å². The van der Waals surface area contributed by atoms with Crippen molar-refractivity contribution in [3.8, 4) is 0 Å². The quantitative estimate of drug-likeness (QED) is 0.385. The van der Waals surface area contributed by atoms with Crippen LogP contribution in [0.1, 0.15) is 29.3 Å². The zero-order valence-corrected chi connectivity index (χ0v) is 14.8. The molecule has 0 aliphatic heterocycles. The van der Waals surface area contributed by atoms with E-state index < -0.39 is 0 Å². The third-order valence-electron chi connectivity index (χ3n) is 3.62. The second-order valence-corrected chi connectivity index (χ2v) is 5.52. The second kappa shape index (κ2) is 10.1. The Morgan fingerprint density at radius 2 is 2.04 bits per heavy atom. The van der Waals surface area contributed by atoms with Crippen LogP contribution in [0.25, 0.3) is 0 Å². The number of hydrogen-bond acceptors (Lipinski definition) is 3. The van der Waals surface area contributed by atoms with E-state index in [0.717, 1.165) is 37.6 Å². The number of hydrogen-bond donors (Lipinski definition) is 3. The highest BCUT2D eigenvalue weighted by Gasteiger charge is 2.02. The van der Waals surface area contributed by atoms with Crippen LogP contribution in [-0.4, -0.2) is 41.8 Å². The molecule has 134 valence electrons. The van der Waals surface area contributed by atoms with Crippen LogP contribution in [-0.2, 0) is 13.1 Å². The molecule has 0 aliphatic carbocycles. The van der Waals surface area contributed by atoms with E-state index >= 15 is 0 Å². The number of aliphatic imine (C=N–C) groups is 1. The van der Waals surface area contributed by atoms with Crippen molar-refractivity contribution in [1.29, 1.82) is 0 Å². The molecule has 1 aromatic heterocycles. The van der Waals surface area contributed by atoms with Crippen LogP contribution in [0.4, 0.5) is 0 Å². The summed E-state index contributed by atoms with van der Waals surface area (Å²) in [6.07, 6.45) is 4.71. The molecule has 0 spiro atoms. The molecule has 0 saturated carbocycles. The summed E-state index contributed by atoms with van der Waals surface area (Å²) < 4.78 is 1.92. The molecule has 7 heteroatoms. The van der Waals surface area contributed by atoms with E-state index in [1.165, 1.54) is 0 Å². The van der Waals surface area contributed by atoms with Crippen molar-refractivity contribution in [1.82, 2.24) is 25.7 Å². The Hall–Kier alpha value is -2.83. The third-order valence-corrected chi connectivity index (χ3v) is 3.62. The number of nitrogens with zero attached hydrogens (tertiary/aromatic N) is 3. The van der Waals surface area contributed by atoms with Crippen LogP contribution >= 0.6 is 0 Å². The molecule has 0 fully saturated rings. The summed E-state index contributed by atoms with van der Waals surface area (Å²) in [7, 11) is 1.63. The van der Waals surface area contributed by atoms with Crippen molar-refractivity contribution in [3.63, 3.8) is 0 Å². The predicted molar refractivity (Wildman–Crippen MR) is 99.5 cm³/mol. The number of aryl methyl sites for hydroxylation is 1. The first kappa shape index (κ1) is 18.5. The maximum Gasteiger partial charge on any atom is 0.251 e. The van der Waals surface area contributed by atoms with Gasteiger partial charge < -0.3 is 16.0 Å². The van der Waals surface area contributed by atoms with Gasteiger partial charge in [-0.3, -0.25) is 9.48 Å². The summed E-state index contributed by atoms with van der Waals surface area (Å²) in [4.78, 5) is 16.1. The number of guanidine groups is 1. The van der Waals surface area contributed by atoms with Crippen molar-refractivity contribution >= 4 is 11.9 Å². The molecule has 1 heterocycles. The average molecular weight is 342 g/mol. The number of nitrogens with one attached hydrogen (secondary N) is 3. The third kappa shape index (κ3) is 6.29. The lowest BCUT2D eigenvalue weighted by Gasteiger charge is -2.11. The summed E-state index contributed by atoms with van der Waals surface area (Å²) >= 11 is 0. The lowest BCUT2D eigenvalue weighted by Crippen LogP contribution is -2.38. The van der Waals surface area contributed by atoms with Crippen molar-refractivity contribution in [2.24, 2.45) is 4.99 Å². The largest absolute Gasteiger partial charge is 0.357 e. The minimum Gasteiger partial charge on any atom is -0.357 e. The van der Waals surface area contributed by atoms with Crippen LogP contribution in [0.5, 0.6) is 0 Å². The maximum absolute atomic E-state index is 11.5. The van der Waals surface area contributed by atoms with Gasteiger partial charge in [0.05, 0.1) is 6.54 Å². The van der Waals surface area contributed by atoms with Gasteiger partial charge in [0.2, 0.25) is 0 Å². The summed E-state index contributed by atoms with van der Waals surface area (Å²) in [5.41, 5.74) is 1.71. The number of carbonyl (C=O) groups is 1. The lowest BCUT2D eigenvalue weighted by atomic mass is 10.1. The van der Waals surface area contributed by atoms with Gasteiger partial charge in [-0.25, -0.2) is 4.99 Å². The van der Waals surface area contributed by atoms with Crippen LogP contribution in [0, 0.1) is 0 Å². The smallest absolute Gasteiger partial charge is 0.251 e. The highest BCUT2D eigenvalue weighted by Crippen LogP contribution is 2.05. The Kier molecular flexibility index (Phi) is 7.49. The van der Waals surface area contributed by atoms with Crippen molar-refractivity contribution < 1.29 is 4.79 Å². The fraction of sp³-hybridized carbons (Fsp3) is 0.389. The van der Waals surface area contributed by atoms with Gasteiger partial charge in [-0.05, 0) is 37.1 Å². The topological polar surface area (TPSA) is 83.3 Å². The Morgan fingerprint density at radius 1 is 1.24 bits per heavy atom. The normalized spacial score (nSPS) is 11.2. The van der Waals surface area contributed by atoms with Crippen LogP contribution in [0.2, 0.25) is 0 Å². The van der Waals surface area contributed by atoms with Crippen molar-refractivity contribution in [3.05, 3.63) is 53.9 Å². The standard InChI is InChI=1S/C18H26N6O/c1-3-20-18(21-10-4-12-24-13-5-11-23-24)22-14-15-6-8-16(9-7-15)17(25)19-2/h5-9,11,13H,3-4,10,12,14H2,1-2H3,(H,19,25)(H2,20,21,22). The zero-order chi connectivity index (χ0) is 17.9. The molecule has 0 saturated heterocycles. The van der Waals surface area contributed by atoms with Gasteiger partial charge >= 0.3 is 0 Å². The van der Waals surface area contributed by atoms with E-state index in [0.29, 0.717) is 12.1 Å². The number of rotatable bonds is 8. The number of amides is 1. The number of benzene rings is 1. The minimum absolute atomic E-state index is 0.0813. The highest BCUT2D eigenvalue weighted by atomic mass is 16.1. The SMILES string of the molecule is CCNC(=NCc1ccc(C(=O)NC)cc1)NCCCn1cccn1. The number of aromatic nitrogens is 2. The molecule has 0 unspecified atom stereocenters. The molecule has 7 nitrogen and oxygen atoms in total. The van der Waals surface area contributed by atoms with Crippen LogP contribution < -0.4 is 16.0 Å². The molecule has 25 heavy (non-hydrogen) atoms. The Balaban J connectivity index is 1.82. The van der Waals surface area contributed by atoms with Crippen molar-refractivity contribution in [2.45, 2.75) is 26.4 Å². The van der Waals surface area contributed by atoms with Crippen molar-refractivity contribution in [2.75, 3.05) is 20.1 Å². The molecule has 0 atom stereocenters. The Morgan fingerprint density at radius 3 is 2.68 bits per heavy atom. The minimum atomic E-state index is -0.0813. The molecule has 0 aliphatic rings. The molecular formula is C18H26N6O. The van der Waals surface area contributed by atoms with Gasteiger partial charge in [-0.2, -0.15) is 5.10 Å².